The fourth-order valence-electron chi connectivity index (χ4n) is 5.28. The van der Waals surface area contributed by atoms with E-state index in [1.54, 1.807) is 4.90 Å². The Bertz CT molecular complexity index is 874. The minimum Gasteiger partial charge on any atom is -0.493 e. The predicted octanol–water partition coefficient (Wildman–Crippen LogP) is 4.63. The summed E-state index contributed by atoms with van der Waals surface area (Å²) in [5.74, 6) is 0.931. The molecule has 1 aromatic rings. The molecule has 4 rings (SSSR count). The second-order valence-electron chi connectivity index (χ2n) is 10.2. The predicted molar refractivity (Wildman–Crippen MR) is 129 cm³/mol. The molecule has 1 aliphatic carbocycles. The smallest absolute Gasteiger partial charge is 0.278 e. The van der Waals surface area contributed by atoms with E-state index in [2.05, 4.69) is 18.7 Å². The zero-order valence-corrected chi connectivity index (χ0v) is 20.5. The lowest BCUT2D eigenvalue weighted by molar-refractivity contribution is -0.141. The van der Waals surface area contributed by atoms with Gasteiger partial charge in [0, 0.05) is 19.1 Å². The van der Waals surface area contributed by atoms with Crippen LogP contribution in [0.4, 0.5) is 0 Å². The number of rotatable bonds is 6. The van der Waals surface area contributed by atoms with Crippen molar-refractivity contribution in [1.29, 1.82) is 0 Å². The number of carbonyl (C=O) groups is 2. The number of hydrogen-bond acceptors (Lipinski definition) is 5. The van der Waals surface area contributed by atoms with Crippen LogP contribution >= 0.6 is 0 Å². The minimum absolute atomic E-state index is 0.00384. The van der Waals surface area contributed by atoms with E-state index in [0.717, 1.165) is 37.0 Å². The van der Waals surface area contributed by atoms with Crippen molar-refractivity contribution < 1.29 is 19.1 Å². The van der Waals surface area contributed by atoms with E-state index >= 15 is 0 Å². The summed E-state index contributed by atoms with van der Waals surface area (Å²) in [6.07, 6.45) is 6.30. The lowest BCUT2D eigenvalue weighted by Crippen LogP contribution is -2.48. The van der Waals surface area contributed by atoms with Crippen LogP contribution in [-0.2, 0) is 14.3 Å². The van der Waals surface area contributed by atoms with Crippen LogP contribution in [-0.4, -0.2) is 59.6 Å². The normalized spacial score (nSPS) is 25.2. The third-order valence-electron chi connectivity index (χ3n) is 6.74. The highest BCUT2D eigenvalue weighted by Crippen LogP contribution is 2.37. The maximum atomic E-state index is 13.8. The van der Waals surface area contributed by atoms with Crippen molar-refractivity contribution in [1.82, 2.24) is 9.80 Å². The molecule has 2 atom stereocenters. The van der Waals surface area contributed by atoms with Crippen molar-refractivity contribution in [3.05, 3.63) is 35.5 Å². The number of carbonyl (C=O) groups excluding carboxylic acids is 2. The first kappa shape index (κ1) is 23.8. The quantitative estimate of drug-likeness (QED) is 0.463. The zero-order valence-electron chi connectivity index (χ0n) is 20.5. The number of benzene rings is 1. The van der Waals surface area contributed by atoms with Gasteiger partial charge in [-0.1, -0.05) is 51.7 Å². The molecular formula is C27H38N2O4. The first-order chi connectivity index (χ1) is 15.8. The molecule has 2 fully saturated rings. The highest BCUT2D eigenvalue weighted by atomic mass is 16.5. The van der Waals surface area contributed by atoms with Gasteiger partial charge < -0.3 is 14.4 Å². The summed E-state index contributed by atoms with van der Waals surface area (Å²) in [7, 11) is 0. The highest BCUT2D eigenvalue weighted by molar-refractivity contribution is 6.35. The summed E-state index contributed by atoms with van der Waals surface area (Å²) in [6, 6.07) is 7.63. The van der Waals surface area contributed by atoms with Gasteiger partial charge in [0.15, 0.2) is 0 Å². The third kappa shape index (κ3) is 5.26. The Kier molecular flexibility index (Phi) is 7.42. The lowest BCUT2D eigenvalue weighted by Gasteiger charge is -2.37. The minimum atomic E-state index is -0.149. The second-order valence-corrected chi connectivity index (χ2v) is 10.2. The van der Waals surface area contributed by atoms with Crippen LogP contribution in [0.15, 0.2) is 30.0 Å². The molecule has 0 radical (unpaired) electrons. The molecule has 1 saturated heterocycles. The van der Waals surface area contributed by atoms with Crippen LogP contribution in [0.25, 0.3) is 5.57 Å². The van der Waals surface area contributed by atoms with E-state index in [9.17, 15) is 9.59 Å². The molecule has 1 aromatic carbocycles. The standard InChI is InChI=1S/C27H38N2O4/c1-18(2)17-32-23-13-11-21(12-14-23)24-25(28-15-19(3)33-20(4)16-28)27(31)29(26(24)30)22-9-7-5-6-8-10-22/h11-14,18-20,22H,5-10,15-17H2,1-4H3. The molecule has 2 heterocycles. The summed E-state index contributed by atoms with van der Waals surface area (Å²) in [5, 5.41) is 0. The number of morpholine rings is 1. The van der Waals surface area contributed by atoms with E-state index < -0.39 is 0 Å². The van der Waals surface area contributed by atoms with Gasteiger partial charge in [0.1, 0.15) is 11.4 Å². The van der Waals surface area contributed by atoms with Gasteiger partial charge >= 0.3 is 0 Å². The molecule has 3 aliphatic rings. The van der Waals surface area contributed by atoms with Gasteiger partial charge in [0.25, 0.3) is 11.8 Å². The zero-order chi connectivity index (χ0) is 23.5. The topological polar surface area (TPSA) is 59.1 Å². The molecular weight excluding hydrogens is 416 g/mol. The first-order valence-corrected chi connectivity index (χ1v) is 12.6. The average molecular weight is 455 g/mol. The van der Waals surface area contributed by atoms with E-state index in [0.29, 0.717) is 36.9 Å². The summed E-state index contributed by atoms with van der Waals surface area (Å²) in [4.78, 5) is 31.3. The van der Waals surface area contributed by atoms with Crippen molar-refractivity contribution in [3.63, 3.8) is 0 Å². The van der Waals surface area contributed by atoms with Gasteiger partial charge in [-0.3, -0.25) is 14.5 Å². The highest BCUT2D eigenvalue weighted by Gasteiger charge is 2.45. The molecule has 0 bridgehead atoms. The fraction of sp³-hybridized carbons (Fsp3) is 0.630. The molecule has 2 unspecified atom stereocenters. The molecule has 33 heavy (non-hydrogen) atoms. The van der Waals surface area contributed by atoms with Gasteiger partial charge in [-0.2, -0.15) is 0 Å². The van der Waals surface area contributed by atoms with Crippen LogP contribution < -0.4 is 4.74 Å². The van der Waals surface area contributed by atoms with Gasteiger partial charge in [-0.05, 0) is 50.3 Å². The molecule has 0 aromatic heterocycles. The van der Waals surface area contributed by atoms with Gasteiger partial charge in [-0.25, -0.2) is 0 Å². The van der Waals surface area contributed by atoms with Crippen molar-refractivity contribution in [2.75, 3.05) is 19.7 Å². The third-order valence-corrected chi connectivity index (χ3v) is 6.74. The molecule has 0 N–H and O–H groups in total. The van der Waals surface area contributed by atoms with Crippen molar-refractivity contribution in [2.45, 2.75) is 84.5 Å². The van der Waals surface area contributed by atoms with Crippen molar-refractivity contribution >= 4 is 17.4 Å². The number of imide groups is 1. The van der Waals surface area contributed by atoms with Crippen LogP contribution in [0.5, 0.6) is 5.75 Å². The largest absolute Gasteiger partial charge is 0.493 e. The lowest BCUT2D eigenvalue weighted by atomic mass is 10.0. The van der Waals surface area contributed by atoms with E-state index in [-0.39, 0.29) is 30.1 Å². The summed E-state index contributed by atoms with van der Waals surface area (Å²) in [6.45, 7) is 10.1. The maximum Gasteiger partial charge on any atom is 0.278 e. The van der Waals surface area contributed by atoms with Gasteiger partial charge in [-0.15, -0.1) is 0 Å². The Morgan fingerprint density at radius 1 is 0.939 bits per heavy atom. The number of amides is 2. The average Bonchev–Trinajstić information content (AvgIpc) is 2.92. The molecule has 180 valence electrons. The monoisotopic (exact) mass is 454 g/mol. The fourth-order valence-corrected chi connectivity index (χ4v) is 5.28. The summed E-state index contributed by atoms with van der Waals surface area (Å²) < 4.78 is 11.7. The molecule has 0 spiro atoms. The number of hydrogen-bond donors (Lipinski definition) is 0. The Morgan fingerprint density at radius 3 is 2.12 bits per heavy atom. The number of nitrogens with zero attached hydrogens (tertiary/aromatic N) is 2. The van der Waals surface area contributed by atoms with Gasteiger partial charge in [0.2, 0.25) is 0 Å². The van der Waals surface area contributed by atoms with Gasteiger partial charge in [0.05, 0.1) is 24.4 Å². The van der Waals surface area contributed by atoms with Crippen LogP contribution in [0.3, 0.4) is 0 Å². The maximum absolute atomic E-state index is 13.8. The first-order valence-electron chi connectivity index (χ1n) is 12.6. The van der Waals surface area contributed by atoms with Crippen molar-refractivity contribution in [3.8, 4) is 5.75 Å². The van der Waals surface area contributed by atoms with E-state index in [1.807, 2.05) is 38.1 Å². The summed E-state index contributed by atoms with van der Waals surface area (Å²) in [5.41, 5.74) is 1.85. The Labute approximate surface area is 197 Å². The SMILES string of the molecule is CC(C)COc1ccc(C2=C(N3CC(C)OC(C)C3)C(=O)N(C3CCCCCC3)C2=O)cc1. The molecule has 1 saturated carbocycles. The Balaban J connectivity index is 1.69. The van der Waals surface area contributed by atoms with E-state index in [4.69, 9.17) is 9.47 Å². The molecule has 6 nitrogen and oxygen atoms in total. The number of ether oxygens (including phenoxy) is 2. The van der Waals surface area contributed by atoms with Crippen LogP contribution in [0, 0.1) is 5.92 Å². The molecule has 6 heteroatoms. The summed E-state index contributed by atoms with van der Waals surface area (Å²) >= 11 is 0. The second kappa shape index (κ2) is 10.3. The van der Waals surface area contributed by atoms with Crippen LogP contribution in [0.2, 0.25) is 0 Å². The molecule has 2 aliphatic heterocycles. The van der Waals surface area contributed by atoms with Crippen molar-refractivity contribution in [2.24, 2.45) is 5.92 Å². The van der Waals surface area contributed by atoms with E-state index in [1.165, 1.54) is 12.8 Å². The molecule has 2 amide bonds. The van der Waals surface area contributed by atoms with Crippen LogP contribution in [0.1, 0.15) is 71.8 Å². The Hall–Kier alpha value is -2.34. The Morgan fingerprint density at radius 2 is 1.55 bits per heavy atom.